The summed E-state index contributed by atoms with van der Waals surface area (Å²) < 4.78 is 4.26. The van der Waals surface area contributed by atoms with Crippen molar-refractivity contribution in [2.75, 3.05) is 0 Å². The lowest BCUT2D eigenvalue weighted by atomic mass is 10.2. The fraction of sp³-hybridized carbons (Fsp3) is 0.308. The Bertz CT molecular complexity index is 610. The highest BCUT2D eigenvalue weighted by Crippen LogP contribution is 2.28. The van der Waals surface area contributed by atoms with Crippen LogP contribution in [0.5, 0.6) is 0 Å². The topological polar surface area (TPSA) is 76.2 Å². The number of carboxylic acid groups (broad SMARTS) is 1. The van der Waals surface area contributed by atoms with E-state index < -0.39 is 10.7 Å². The fourth-order valence-corrected chi connectivity index (χ4v) is 2.19. The monoisotopic (exact) mass is 312 g/mol. The molecule has 0 saturated carbocycles. The van der Waals surface area contributed by atoms with Gasteiger partial charge in [-0.25, -0.2) is 0 Å². The van der Waals surface area contributed by atoms with E-state index >= 15 is 0 Å². The zero-order valence-electron chi connectivity index (χ0n) is 11.0. The third kappa shape index (κ3) is 3.52. The summed E-state index contributed by atoms with van der Waals surface area (Å²) in [6.45, 7) is 3.28. The maximum absolute atomic E-state index is 11.0. The molecule has 1 heterocycles. The van der Waals surface area contributed by atoms with E-state index in [1.54, 1.807) is 38.1 Å². The summed E-state index contributed by atoms with van der Waals surface area (Å²) in [6.07, 6.45) is 0. The van der Waals surface area contributed by atoms with Gasteiger partial charge in [0.05, 0.1) is 5.75 Å². The Labute approximate surface area is 125 Å². The van der Waals surface area contributed by atoms with Gasteiger partial charge in [-0.1, -0.05) is 16.8 Å². The van der Waals surface area contributed by atoms with Crippen LogP contribution >= 0.6 is 23.4 Å². The van der Waals surface area contributed by atoms with E-state index in [0.29, 0.717) is 22.5 Å². The van der Waals surface area contributed by atoms with Gasteiger partial charge in [0.2, 0.25) is 0 Å². The Hall–Kier alpha value is -1.53. The van der Waals surface area contributed by atoms with Gasteiger partial charge >= 0.3 is 5.97 Å². The second kappa shape index (κ2) is 5.85. The van der Waals surface area contributed by atoms with Crippen molar-refractivity contribution in [3.05, 3.63) is 35.1 Å². The van der Waals surface area contributed by atoms with E-state index in [1.807, 2.05) is 0 Å². The zero-order chi connectivity index (χ0) is 14.8. The quantitative estimate of drug-likeness (QED) is 0.910. The van der Waals surface area contributed by atoms with Crippen molar-refractivity contribution in [3.63, 3.8) is 0 Å². The van der Waals surface area contributed by atoms with Crippen LogP contribution in [-0.4, -0.2) is 26.0 Å². The average molecular weight is 313 g/mol. The molecule has 0 aliphatic heterocycles. The minimum absolute atomic E-state index is 0.371. The maximum Gasteiger partial charge on any atom is 0.319 e. The van der Waals surface area contributed by atoms with Crippen molar-refractivity contribution in [1.82, 2.24) is 10.1 Å². The third-order valence-corrected chi connectivity index (χ3v) is 4.19. The lowest BCUT2D eigenvalue weighted by Gasteiger charge is -2.16. The van der Waals surface area contributed by atoms with Gasteiger partial charge in [0, 0.05) is 10.6 Å². The Balaban J connectivity index is 2.06. The minimum Gasteiger partial charge on any atom is -0.480 e. The predicted octanol–water partition coefficient (Wildman–Crippen LogP) is 3.49. The van der Waals surface area contributed by atoms with Gasteiger partial charge in [0.25, 0.3) is 5.89 Å². The van der Waals surface area contributed by atoms with E-state index in [1.165, 1.54) is 11.8 Å². The summed E-state index contributed by atoms with van der Waals surface area (Å²) in [5, 5.41) is 13.5. The first-order valence-corrected chi connectivity index (χ1v) is 7.21. The minimum atomic E-state index is -0.888. The summed E-state index contributed by atoms with van der Waals surface area (Å²) in [4.78, 5) is 15.2. The first kappa shape index (κ1) is 14.9. The Kier molecular flexibility index (Phi) is 4.35. The SMILES string of the molecule is CC(C)(SCc1noc(-c2ccc(Cl)cc2)n1)C(=O)O. The van der Waals surface area contributed by atoms with Crippen LogP contribution < -0.4 is 0 Å². The van der Waals surface area contributed by atoms with Gasteiger partial charge in [0.15, 0.2) is 5.82 Å². The number of halogens is 1. The number of benzene rings is 1. The van der Waals surface area contributed by atoms with Crippen LogP contribution in [0.15, 0.2) is 28.8 Å². The smallest absolute Gasteiger partial charge is 0.319 e. The molecule has 1 aromatic carbocycles. The van der Waals surface area contributed by atoms with E-state index in [9.17, 15) is 4.79 Å². The Morgan fingerprint density at radius 3 is 2.65 bits per heavy atom. The standard InChI is InChI=1S/C13H13ClN2O3S/c1-13(2,12(17)18)20-7-10-15-11(19-16-10)8-3-5-9(14)6-4-8/h3-6H,7H2,1-2H3,(H,17,18). The van der Waals surface area contributed by atoms with Crippen LogP contribution in [0.3, 0.4) is 0 Å². The molecule has 5 nitrogen and oxygen atoms in total. The predicted molar refractivity (Wildman–Crippen MR) is 77.8 cm³/mol. The molecule has 2 rings (SSSR count). The number of carbonyl (C=O) groups is 1. The van der Waals surface area contributed by atoms with Crippen molar-refractivity contribution < 1.29 is 14.4 Å². The second-order valence-electron chi connectivity index (χ2n) is 4.63. The molecule has 0 aliphatic rings. The number of nitrogens with zero attached hydrogens (tertiary/aromatic N) is 2. The molecular weight excluding hydrogens is 300 g/mol. The molecule has 20 heavy (non-hydrogen) atoms. The lowest BCUT2D eigenvalue weighted by Crippen LogP contribution is -2.27. The molecule has 0 unspecified atom stereocenters. The highest BCUT2D eigenvalue weighted by atomic mass is 35.5. The maximum atomic E-state index is 11.0. The van der Waals surface area contributed by atoms with Crippen molar-refractivity contribution >= 4 is 29.3 Å². The van der Waals surface area contributed by atoms with Gasteiger partial charge < -0.3 is 9.63 Å². The van der Waals surface area contributed by atoms with Crippen molar-refractivity contribution in [1.29, 1.82) is 0 Å². The van der Waals surface area contributed by atoms with Gasteiger partial charge in [-0.05, 0) is 38.1 Å². The number of rotatable bonds is 5. The number of carboxylic acids is 1. The fourth-order valence-electron chi connectivity index (χ4n) is 1.33. The van der Waals surface area contributed by atoms with E-state index in [4.69, 9.17) is 21.2 Å². The summed E-state index contributed by atoms with van der Waals surface area (Å²) in [5.74, 6) is 0.361. The second-order valence-corrected chi connectivity index (χ2v) is 6.66. The molecule has 7 heteroatoms. The van der Waals surface area contributed by atoms with Crippen LogP contribution in [0.4, 0.5) is 0 Å². The molecule has 106 valence electrons. The zero-order valence-corrected chi connectivity index (χ0v) is 12.5. The van der Waals surface area contributed by atoms with Crippen LogP contribution in [0.2, 0.25) is 5.02 Å². The van der Waals surface area contributed by atoms with Crippen LogP contribution in [0.25, 0.3) is 11.5 Å². The van der Waals surface area contributed by atoms with E-state index in [-0.39, 0.29) is 0 Å². The number of thioether (sulfide) groups is 1. The first-order chi connectivity index (χ1) is 9.38. The van der Waals surface area contributed by atoms with Crippen LogP contribution in [0, 0.1) is 0 Å². The van der Waals surface area contributed by atoms with Crippen molar-refractivity contribution in [2.24, 2.45) is 0 Å². The average Bonchev–Trinajstić information content (AvgIpc) is 2.86. The molecule has 1 N–H and O–H groups in total. The first-order valence-electron chi connectivity index (χ1n) is 5.84. The third-order valence-electron chi connectivity index (χ3n) is 2.64. The molecule has 0 aliphatic carbocycles. The molecule has 0 bridgehead atoms. The summed E-state index contributed by atoms with van der Waals surface area (Å²) >= 11 is 7.05. The number of hydrogen-bond acceptors (Lipinski definition) is 5. The summed E-state index contributed by atoms with van der Waals surface area (Å²) in [6, 6.07) is 7.05. The highest BCUT2D eigenvalue weighted by Gasteiger charge is 2.28. The summed E-state index contributed by atoms with van der Waals surface area (Å²) in [5.41, 5.74) is 0.774. The largest absolute Gasteiger partial charge is 0.480 e. The number of aromatic nitrogens is 2. The number of hydrogen-bond donors (Lipinski definition) is 1. The van der Waals surface area contributed by atoms with Crippen LogP contribution in [0.1, 0.15) is 19.7 Å². The molecule has 0 saturated heterocycles. The molecule has 0 atom stereocenters. The van der Waals surface area contributed by atoms with Gasteiger partial charge in [-0.3, -0.25) is 4.79 Å². The highest BCUT2D eigenvalue weighted by molar-refractivity contribution is 8.00. The van der Waals surface area contributed by atoms with E-state index in [2.05, 4.69) is 10.1 Å². The lowest BCUT2D eigenvalue weighted by molar-refractivity contribution is -0.138. The van der Waals surface area contributed by atoms with Crippen LogP contribution in [-0.2, 0) is 10.5 Å². The van der Waals surface area contributed by atoms with Crippen molar-refractivity contribution in [2.45, 2.75) is 24.3 Å². The molecule has 0 fully saturated rings. The normalized spacial score (nSPS) is 11.6. The van der Waals surface area contributed by atoms with Crippen molar-refractivity contribution in [3.8, 4) is 11.5 Å². The molecular formula is C13H13ClN2O3S. The molecule has 1 aromatic heterocycles. The molecule has 0 spiro atoms. The van der Waals surface area contributed by atoms with E-state index in [0.717, 1.165) is 5.56 Å². The van der Waals surface area contributed by atoms with Gasteiger partial charge in [0.1, 0.15) is 4.75 Å². The Morgan fingerprint density at radius 2 is 2.05 bits per heavy atom. The molecule has 0 amide bonds. The Morgan fingerprint density at radius 1 is 1.40 bits per heavy atom. The number of aliphatic carboxylic acids is 1. The molecule has 2 aromatic rings. The summed E-state index contributed by atoms with van der Waals surface area (Å²) in [7, 11) is 0. The molecule has 0 radical (unpaired) electrons. The van der Waals surface area contributed by atoms with Gasteiger partial charge in [-0.15, -0.1) is 11.8 Å². The van der Waals surface area contributed by atoms with Gasteiger partial charge in [-0.2, -0.15) is 4.98 Å².